The highest BCUT2D eigenvalue weighted by molar-refractivity contribution is 6.04. The monoisotopic (exact) mass is 334 g/mol. The third-order valence-electron chi connectivity index (χ3n) is 3.04. The summed E-state index contributed by atoms with van der Waals surface area (Å²) in [5.74, 6) is 1.35. The lowest BCUT2D eigenvalue weighted by Gasteiger charge is -2.16. The molecular weight excluding hydrogens is 312 g/mol. The van der Waals surface area contributed by atoms with Gasteiger partial charge in [-0.15, -0.1) is 0 Å². The fourth-order valence-corrected chi connectivity index (χ4v) is 2.13. The molecule has 1 aromatic carbocycles. The van der Waals surface area contributed by atoms with Crippen molar-refractivity contribution in [3.05, 3.63) is 29.5 Å². The maximum Gasteiger partial charge on any atom is 0.258 e. The highest BCUT2D eigenvalue weighted by Crippen LogP contribution is 2.39. The van der Waals surface area contributed by atoms with E-state index in [1.807, 2.05) is 20.8 Å². The number of aryl methyl sites for hydroxylation is 1. The normalized spacial score (nSPS) is 10.3. The summed E-state index contributed by atoms with van der Waals surface area (Å²) in [5.41, 5.74) is 1.06. The zero-order valence-corrected chi connectivity index (χ0v) is 14.3. The van der Waals surface area contributed by atoms with Crippen molar-refractivity contribution in [3.8, 4) is 17.2 Å². The number of hydrogen-bond acceptors (Lipinski definition) is 6. The number of anilines is 1. The van der Waals surface area contributed by atoms with Crippen LogP contribution >= 0.6 is 0 Å². The molecule has 0 unspecified atom stereocenters. The van der Waals surface area contributed by atoms with Crippen molar-refractivity contribution in [1.82, 2.24) is 5.16 Å². The van der Waals surface area contributed by atoms with E-state index in [2.05, 4.69) is 10.5 Å². The molecule has 0 aliphatic heterocycles. The van der Waals surface area contributed by atoms with Crippen LogP contribution in [0.15, 0.2) is 22.7 Å². The lowest BCUT2D eigenvalue weighted by Crippen LogP contribution is -2.13. The molecule has 0 atom stereocenters. The molecule has 2 rings (SSSR count). The first-order valence-corrected chi connectivity index (χ1v) is 7.90. The van der Waals surface area contributed by atoms with E-state index >= 15 is 0 Å². The van der Waals surface area contributed by atoms with Gasteiger partial charge in [0.05, 0.1) is 25.5 Å². The molecule has 0 fully saturated rings. The Balaban J connectivity index is 2.35. The van der Waals surface area contributed by atoms with Gasteiger partial charge in [0.2, 0.25) is 11.6 Å². The maximum absolute atomic E-state index is 12.5. The molecule has 0 saturated heterocycles. The molecule has 2 aromatic rings. The number of carbonyl (C=O) groups excluding carboxylic acids is 1. The quantitative estimate of drug-likeness (QED) is 0.796. The smallest absolute Gasteiger partial charge is 0.258 e. The summed E-state index contributed by atoms with van der Waals surface area (Å²) in [5, 5.41) is 6.39. The van der Waals surface area contributed by atoms with Crippen molar-refractivity contribution in [2.45, 2.75) is 27.7 Å². The summed E-state index contributed by atoms with van der Waals surface area (Å²) in [4.78, 5) is 12.5. The Kier molecular flexibility index (Phi) is 6.06. The average Bonchev–Trinajstić information content (AvgIpc) is 2.95. The molecule has 130 valence electrons. The highest BCUT2D eigenvalue weighted by atomic mass is 16.5. The molecule has 1 amide bonds. The minimum atomic E-state index is -0.351. The first-order valence-electron chi connectivity index (χ1n) is 7.90. The lowest BCUT2D eigenvalue weighted by molar-refractivity contribution is 0.102. The van der Waals surface area contributed by atoms with E-state index in [1.165, 1.54) is 0 Å². The summed E-state index contributed by atoms with van der Waals surface area (Å²) in [6.07, 6.45) is 0. The van der Waals surface area contributed by atoms with Crippen LogP contribution in [0.1, 0.15) is 36.8 Å². The van der Waals surface area contributed by atoms with Gasteiger partial charge < -0.3 is 18.7 Å². The molecule has 0 saturated carbocycles. The number of rotatable bonds is 8. The number of nitrogens with one attached hydrogen (secondary N) is 1. The Bertz CT molecular complexity index is 669. The van der Waals surface area contributed by atoms with Gasteiger partial charge in [0, 0.05) is 11.6 Å². The number of amides is 1. The highest BCUT2D eigenvalue weighted by Gasteiger charge is 2.19. The van der Waals surface area contributed by atoms with Gasteiger partial charge in [0.25, 0.3) is 5.91 Å². The lowest BCUT2D eigenvalue weighted by atomic mass is 10.1. The van der Waals surface area contributed by atoms with Crippen molar-refractivity contribution in [2.75, 3.05) is 25.1 Å². The van der Waals surface area contributed by atoms with Gasteiger partial charge in [-0.25, -0.2) is 0 Å². The molecule has 0 bridgehead atoms. The van der Waals surface area contributed by atoms with Crippen LogP contribution in [-0.2, 0) is 0 Å². The minimum absolute atomic E-state index is 0.280. The van der Waals surface area contributed by atoms with Crippen LogP contribution in [-0.4, -0.2) is 30.9 Å². The van der Waals surface area contributed by atoms with E-state index < -0.39 is 0 Å². The Morgan fingerprint density at radius 1 is 1.04 bits per heavy atom. The zero-order chi connectivity index (χ0) is 17.5. The second-order valence-electron chi connectivity index (χ2n) is 4.89. The zero-order valence-electron chi connectivity index (χ0n) is 14.3. The van der Waals surface area contributed by atoms with Crippen molar-refractivity contribution in [2.24, 2.45) is 0 Å². The van der Waals surface area contributed by atoms with Gasteiger partial charge in [-0.1, -0.05) is 5.16 Å². The standard InChI is InChI=1S/C17H22N2O5/c1-5-21-13-9-12(10-14(22-6-2)16(13)23-7-3)17(20)18-15-8-11(4)19-24-15/h8-10H,5-7H2,1-4H3,(H,18,20). The van der Waals surface area contributed by atoms with Crippen LogP contribution in [0.4, 0.5) is 5.88 Å². The maximum atomic E-state index is 12.5. The predicted molar refractivity (Wildman–Crippen MR) is 89.1 cm³/mol. The third kappa shape index (κ3) is 4.18. The molecule has 7 nitrogen and oxygen atoms in total. The fourth-order valence-electron chi connectivity index (χ4n) is 2.13. The van der Waals surface area contributed by atoms with Gasteiger partial charge in [-0.3, -0.25) is 10.1 Å². The first kappa shape index (κ1) is 17.7. The van der Waals surface area contributed by atoms with Gasteiger partial charge >= 0.3 is 0 Å². The topological polar surface area (TPSA) is 82.8 Å². The van der Waals surface area contributed by atoms with Crippen LogP contribution in [0.3, 0.4) is 0 Å². The minimum Gasteiger partial charge on any atom is -0.490 e. The average molecular weight is 334 g/mol. The molecular formula is C17H22N2O5. The number of hydrogen-bond donors (Lipinski definition) is 1. The summed E-state index contributed by atoms with van der Waals surface area (Å²) < 4.78 is 21.8. The molecule has 0 radical (unpaired) electrons. The number of benzene rings is 1. The van der Waals surface area contributed by atoms with Crippen molar-refractivity contribution >= 4 is 11.8 Å². The van der Waals surface area contributed by atoms with Crippen LogP contribution in [0.25, 0.3) is 0 Å². The van der Waals surface area contributed by atoms with Gasteiger partial charge in [0.15, 0.2) is 11.5 Å². The third-order valence-corrected chi connectivity index (χ3v) is 3.04. The van der Waals surface area contributed by atoms with Crippen LogP contribution in [0, 0.1) is 6.92 Å². The van der Waals surface area contributed by atoms with E-state index in [9.17, 15) is 4.79 Å². The van der Waals surface area contributed by atoms with E-state index in [0.29, 0.717) is 48.3 Å². The van der Waals surface area contributed by atoms with Crippen LogP contribution in [0.5, 0.6) is 17.2 Å². The van der Waals surface area contributed by atoms with Crippen molar-refractivity contribution in [1.29, 1.82) is 0 Å². The molecule has 24 heavy (non-hydrogen) atoms. The molecule has 1 N–H and O–H groups in total. The molecule has 1 aromatic heterocycles. The number of nitrogens with zero attached hydrogens (tertiary/aromatic N) is 1. The van der Waals surface area contributed by atoms with E-state index in [1.54, 1.807) is 25.1 Å². The largest absolute Gasteiger partial charge is 0.490 e. The van der Waals surface area contributed by atoms with E-state index in [4.69, 9.17) is 18.7 Å². The molecule has 7 heteroatoms. The second-order valence-corrected chi connectivity index (χ2v) is 4.89. The Morgan fingerprint density at radius 2 is 1.62 bits per heavy atom. The predicted octanol–water partition coefficient (Wildman–Crippen LogP) is 3.43. The number of carbonyl (C=O) groups is 1. The van der Waals surface area contributed by atoms with Gasteiger partial charge in [-0.2, -0.15) is 0 Å². The molecule has 0 aliphatic carbocycles. The summed E-state index contributed by atoms with van der Waals surface area (Å²) in [6, 6.07) is 4.88. The summed E-state index contributed by atoms with van der Waals surface area (Å²) >= 11 is 0. The Morgan fingerprint density at radius 3 is 2.08 bits per heavy atom. The van der Waals surface area contributed by atoms with Gasteiger partial charge in [0.1, 0.15) is 0 Å². The Hall–Kier alpha value is -2.70. The number of aromatic nitrogens is 1. The SMILES string of the molecule is CCOc1cc(C(=O)Nc2cc(C)no2)cc(OCC)c1OCC. The number of ether oxygens (including phenoxy) is 3. The van der Waals surface area contributed by atoms with Crippen molar-refractivity contribution in [3.63, 3.8) is 0 Å². The van der Waals surface area contributed by atoms with E-state index in [-0.39, 0.29) is 11.8 Å². The molecule has 1 heterocycles. The summed E-state index contributed by atoms with van der Waals surface area (Å²) in [7, 11) is 0. The Labute approximate surface area is 140 Å². The molecule has 0 spiro atoms. The fraction of sp³-hybridized carbons (Fsp3) is 0.412. The van der Waals surface area contributed by atoms with E-state index in [0.717, 1.165) is 0 Å². The summed E-state index contributed by atoms with van der Waals surface area (Å²) in [6.45, 7) is 8.72. The second kappa shape index (κ2) is 8.24. The molecule has 0 aliphatic rings. The van der Waals surface area contributed by atoms with Crippen LogP contribution in [0.2, 0.25) is 0 Å². The first-order chi connectivity index (χ1) is 11.6. The van der Waals surface area contributed by atoms with Crippen LogP contribution < -0.4 is 19.5 Å². The van der Waals surface area contributed by atoms with Gasteiger partial charge in [-0.05, 0) is 39.8 Å². The van der Waals surface area contributed by atoms with Crippen molar-refractivity contribution < 1.29 is 23.5 Å².